The molecule has 270 valence electrons. The molecule has 2 aliphatic rings. The number of pyridine rings is 1. The molecule has 3 heterocycles. The summed E-state index contributed by atoms with van der Waals surface area (Å²) in [7, 11) is 3.22. The third-order valence-corrected chi connectivity index (χ3v) is 9.35. The zero-order chi connectivity index (χ0) is 36.7. The van der Waals surface area contributed by atoms with Gasteiger partial charge in [0.05, 0.1) is 30.8 Å². The van der Waals surface area contributed by atoms with Gasteiger partial charge in [-0.2, -0.15) is 4.39 Å². The molecule has 0 radical (unpaired) electrons. The molecular formula is C38H36ClF2N5O6. The predicted octanol–water partition coefficient (Wildman–Crippen LogP) is 6.61. The first-order valence-electron chi connectivity index (χ1n) is 16.4. The summed E-state index contributed by atoms with van der Waals surface area (Å²) in [5.41, 5.74) is 7.49. The monoisotopic (exact) mass is 731 g/mol. The summed E-state index contributed by atoms with van der Waals surface area (Å²) in [6.45, 7) is 4.33. The van der Waals surface area contributed by atoms with Crippen molar-refractivity contribution >= 4 is 34.1 Å². The number of hydrogen-bond acceptors (Lipinski definition) is 10. The van der Waals surface area contributed by atoms with Crippen LogP contribution in [-0.4, -0.2) is 53.4 Å². The molecule has 0 unspecified atom stereocenters. The molecule has 3 atom stereocenters. The molecule has 0 saturated carbocycles. The maximum atomic E-state index is 15.6. The molecule has 1 aliphatic carbocycles. The van der Waals surface area contributed by atoms with Gasteiger partial charge in [-0.05, 0) is 60.9 Å². The lowest BCUT2D eigenvalue weighted by Crippen LogP contribution is -2.35. The van der Waals surface area contributed by atoms with Gasteiger partial charge in [0.1, 0.15) is 54.0 Å². The third-order valence-electron chi connectivity index (χ3n) is 9.07. The number of ether oxygens (including phenoxy) is 5. The Morgan fingerprint density at radius 2 is 1.58 bits per heavy atom. The highest BCUT2D eigenvalue weighted by Crippen LogP contribution is 2.43. The Balaban J connectivity index is 1.19. The molecule has 2 N–H and O–H groups in total. The van der Waals surface area contributed by atoms with Gasteiger partial charge in [0, 0.05) is 30.6 Å². The Morgan fingerprint density at radius 1 is 0.942 bits per heavy atom. The first kappa shape index (κ1) is 35.2. The lowest BCUT2D eigenvalue weighted by Gasteiger charge is -2.26. The van der Waals surface area contributed by atoms with E-state index < -0.39 is 47.0 Å². The molecule has 7 rings (SSSR count). The predicted molar refractivity (Wildman–Crippen MR) is 192 cm³/mol. The molecule has 2 aromatic heterocycles. The molecule has 0 spiro atoms. The number of rotatable bonds is 11. The summed E-state index contributed by atoms with van der Waals surface area (Å²) in [6.07, 6.45) is 1.61. The summed E-state index contributed by atoms with van der Waals surface area (Å²) >= 11 is 6.82. The van der Waals surface area contributed by atoms with Gasteiger partial charge < -0.3 is 34.3 Å². The quantitative estimate of drug-likeness (QED) is 0.149. The lowest BCUT2D eigenvalue weighted by atomic mass is 10.1. The summed E-state index contributed by atoms with van der Waals surface area (Å²) in [5.74, 6) is -1.08. The third kappa shape index (κ3) is 6.99. The van der Waals surface area contributed by atoms with Crippen LogP contribution in [0, 0.1) is 11.6 Å². The SMILES string of the molecule is COc1ccc(CN(Cc2ccc(OC)cc2)c2nc3cc(OCC4=C[C@@H](n5cnc(N)c(F)c5=O)[C@@H]5OC(C)(C)O[C@H]45)cc(F)c3cc2Cl)cc1. The lowest BCUT2D eigenvalue weighted by molar-refractivity contribution is -0.148. The van der Waals surface area contributed by atoms with Crippen molar-refractivity contribution in [1.82, 2.24) is 14.5 Å². The van der Waals surface area contributed by atoms with E-state index in [2.05, 4.69) is 4.98 Å². The van der Waals surface area contributed by atoms with Gasteiger partial charge in [-0.1, -0.05) is 41.9 Å². The molecule has 0 bridgehead atoms. The molecular weight excluding hydrogens is 696 g/mol. The van der Waals surface area contributed by atoms with Crippen LogP contribution in [-0.2, 0) is 22.6 Å². The van der Waals surface area contributed by atoms with Crippen molar-refractivity contribution in [1.29, 1.82) is 0 Å². The van der Waals surface area contributed by atoms with E-state index in [4.69, 9.17) is 46.0 Å². The second-order valence-corrected chi connectivity index (χ2v) is 13.4. The number of methoxy groups -OCH3 is 2. The normalized spacial score (nSPS) is 19.0. The maximum Gasteiger partial charge on any atom is 0.292 e. The average molecular weight is 732 g/mol. The van der Waals surface area contributed by atoms with Gasteiger partial charge in [0.2, 0.25) is 5.82 Å². The van der Waals surface area contributed by atoms with E-state index in [1.54, 1.807) is 46.3 Å². The number of hydrogen-bond donors (Lipinski definition) is 1. The second-order valence-electron chi connectivity index (χ2n) is 13.0. The van der Waals surface area contributed by atoms with Crippen molar-refractivity contribution in [2.75, 3.05) is 31.5 Å². The molecule has 1 fully saturated rings. The van der Waals surface area contributed by atoms with Crippen molar-refractivity contribution in [3.63, 3.8) is 0 Å². The Kier molecular flexibility index (Phi) is 9.51. The van der Waals surface area contributed by atoms with Gasteiger partial charge in [0.25, 0.3) is 5.56 Å². The van der Waals surface area contributed by atoms with Crippen LogP contribution in [0.3, 0.4) is 0 Å². The van der Waals surface area contributed by atoms with Crippen molar-refractivity contribution in [2.45, 2.75) is 51.0 Å². The Bertz CT molecular complexity index is 2160. The number of nitrogens with two attached hydrogens (primary N) is 1. The van der Waals surface area contributed by atoms with Crippen LogP contribution in [0.25, 0.3) is 10.9 Å². The van der Waals surface area contributed by atoms with Gasteiger partial charge in [-0.25, -0.2) is 14.4 Å². The highest BCUT2D eigenvalue weighted by Gasteiger charge is 2.51. The van der Waals surface area contributed by atoms with E-state index in [1.807, 2.05) is 53.4 Å². The van der Waals surface area contributed by atoms with Crippen molar-refractivity contribution in [2.24, 2.45) is 0 Å². The van der Waals surface area contributed by atoms with Gasteiger partial charge in [-0.3, -0.25) is 9.36 Å². The first-order valence-corrected chi connectivity index (χ1v) is 16.8. The second kappa shape index (κ2) is 14.1. The van der Waals surface area contributed by atoms with Crippen LogP contribution < -0.4 is 30.4 Å². The molecule has 3 aromatic carbocycles. The van der Waals surface area contributed by atoms with E-state index in [0.717, 1.165) is 27.2 Å². The molecule has 1 aliphatic heterocycles. The average Bonchev–Trinajstić information content (AvgIpc) is 3.62. The summed E-state index contributed by atoms with van der Waals surface area (Å²) in [6, 6.07) is 19.1. The molecule has 52 heavy (non-hydrogen) atoms. The maximum absolute atomic E-state index is 15.6. The van der Waals surface area contributed by atoms with E-state index in [9.17, 15) is 9.18 Å². The molecule has 5 aromatic rings. The number of aromatic nitrogens is 3. The molecule has 0 amide bonds. The van der Waals surface area contributed by atoms with Gasteiger partial charge in [0.15, 0.2) is 11.6 Å². The van der Waals surface area contributed by atoms with Crippen LogP contribution >= 0.6 is 11.6 Å². The minimum absolute atomic E-state index is 0.0385. The first-order chi connectivity index (χ1) is 24.9. The zero-order valence-corrected chi connectivity index (χ0v) is 29.6. The van der Waals surface area contributed by atoms with Crippen molar-refractivity contribution in [3.05, 3.63) is 123 Å². The smallest absolute Gasteiger partial charge is 0.292 e. The van der Waals surface area contributed by atoms with E-state index in [0.29, 0.717) is 30.0 Å². The minimum atomic E-state index is -1.15. The van der Waals surface area contributed by atoms with Crippen molar-refractivity contribution in [3.8, 4) is 17.2 Å². The van der Waals surface area contributed by atoms with E-state index >= 15 is 4.39 Å². The largest absolute Gasteiger partial charge is 0.497 e. The van der Waals surface area contributed by atoms with Crippen LogP contribution in [0.15, 0.2) is 89.5 Å². The highest BCUT2D eigenvalue weighted by atomic mass is 35.5. The number of nitrogen functional groups attached to an aromatic ring is 1. The molecule has 1 saturated heterocycles. The number of fused-ring (bicyclic) bond motifs is 2. The Hall–Kier alpha value is -5.24. The topological polar surface area (TPSA) is 123 Å². The van der Waals surface area contributed by atoms with Crippen LogP contribution in [0.4, 0.5) is 20.4 Å². The molecule has 11 nitrogen and oxygen atoms in total. The van der Waals surface area contributed by atoms with Crippen LogP contribution in [0.1, 0.15) is 31.0 Å². The number of anilines is 2. The Morgan fingerprint density at radius 3 is 2.19 bits per heavy atom. The zero-order valence-electron chi connectivity index (χ0n) is 28.8. The number of halogens is 3. The fourth-order valence-electron chi connectivity index (χ4n) is 6.53. The Labute approximate surface area is 303 Å². The highest BCUT2D eigenvalue weighted by molar-refractivity contribution is 6.33. The number of benzene rings is 3. The summed E-state index contributed by atoms with van der Waals surface area (Å²) in [5, 5.41) is 0.502. The summed E-state index contributed by atoms with van der Waals surface area (Å²) in [4.78, 5) is 23.5. The summed E-state index contributed by atoms with van der Waals surface area (Å²) < 4.78 is 60.3. The fourth-order valence-corrected chi connectivity index (χ4v) is 6.80. The van der Waals surface area contributed by atoms with Gasteiger partial charge in [-0.15, -0.1) is 0 Å². The van der Waals surface area contributed by atoms with Crippen LogP contribution in [0.2, 0.25) is 5.02 Å². The number of nitrogens with zero attached hydrogens (tertiary/aromatic N) is 4. The van der Waals surface area contributed by atoms with Crippen LogP contribution in [0.5, 0.6) is 17.2 Å². The standard InChI is InChI=1S/C38H36ClF2N5O6/c1-38(2)51-33-23(13-31(34(33)52-38)46-20-43-35(42)32(41)37(46)47)19-50-26-14-29(40)27-16-28(39)36(44-30(27)15-26)45(17-21-5-9-24(48-3)10-6-21)18-22-7-11-25(49-4)12-8-22/h5-16,20,31,33-34H,17-19,42H2,1-4H3/t31-,33-,34+/m1/s1. The van der Waals surface area contributed by atoms with Gasteiger partial charge >= 0.3 is 0 Å². The van der Waals surface area contributed by atoms with E-state index in [-0.39, 0.29) is 22.8 Å². The minimum Gasteiger partial charge on any atom is -0.497 e. The molecule has 14 heteroatoms. The van der Waals surface area contributed by atoms with Crippen molar-refractivity contribution < 1.29 is 32.5 Å². The fraction of sp³-hybridized carbons (Fsp3) is 0.289. The van der Waals surface area contributed by atoms with E-state index in [1.165, 1.54) is 12.4 Å².